The summed E-state index contributed by atoms with van der Waals surface area (Å²) in [4.78, 5) is 14.6. The molecule has 0 atom stereocenters. The number of benzene rings is 1. The lowest BCUT2D eigenvalue weighted by molar-refractivity contribution is 0.0975. The van der Waals surface area contributed by atoms with Gasteiger partial charge >= 0.3 is 0 Å². The third-order valence-electron chi connectivity index (χ3n) is 3.97. The lowest BCUT2D eigenvalue weighted by Crippen LogP contribution is -2.28. The van der Waals surface area contributed by atoms with E-state index in [-0.39, 0.29) is 5.78 Å². The van der Waals surface area contributed by atoms with Gasteiger partial charge in [0.25, 0.3) is 0 Å². The molecule has 1 fully saturated rings. The largest absolute Gasteiger partial charge is 0.302 e. The Kier molecular flexibility index (Phi) is 6.33. The molecule has 1 aliphatic rings. The Bertz CT molecular complexity index is 472. The molecule has 0 bridgehead atoms. The van der Waals surface area contributed by atoms with E-state index in [2.05, 4.69) is 46.4 Å². The van der Waals surface area contributed by atoms with Crippen molar-refractivity contribution in [1.82, 2.24) is 4.90 Å². The molecule has 0 saturated carbocycles. The smallest absolute Gasteiger partial charge is 0.162 e. The Labute approximate surface area is 140 Å². The van der Waals surface area contributed by atoms with Crippen LogP contribution in [0.3, 0.4) is 0 Å². The number of rotatable bonds is 5. The Hall–Kier alpha value is -0.320. The van der Waals surface area contributed by atoms with Gasteiger partial charge in [-0.3, -0.25) is 4.79 Å². The molecule has 21 heavy (non-hydrogen) atoms. The van der Waals surface area contributed by atoms with E-state index >= 15 is 0 Å². The maximum absolute atomic E-state index is 12.1. The molecule has 0 spiro atoms. The number of carbonyl (C=O) groups excluding carboxylic acids is 1. The van der Waals surface area contributed by atoms with Crippen molar-refractivity contribution in [2.45, 2.75) is 37.9 Å². The van der Waals surface area contributed by atoms with E-state index in [1.54, 1.807) is 0 Å². The summed E-state index contributed by atoms with van der Waals surface area (Å²) < 4.78 is 1.42. The highest BCUT2D eigenvalue weighted by Crippen LogP contribution is 2.30. The van der Waals surface area contributed by atoms with Crippen LogP contribution in [0.15, 0.2) is 28.7 Å². The monoisotopic (exact) mass is 369 g/mol. The van der Waals surface area contributed by atoms with Crippen LogP contribution >= 0.6 is 27.7 Å². The molecule has 0 aromatic heterocycles. The van der Waals surface area contributed by atoms with Crippen LogP contribution in [0.25, 0.3) is 0 Å². The van der Waals surface area contributed by atoms with Crippen molar-refractivity contribution in [2.24, 2.45) is 0 Å². The molecule has 0 amide bonds. The SMILES string of the molecule is CC1(C)CCN(CCCC(=O)c2ccc(Br)cc2)CCS1. The van der Waals surface area contributed by atoms with Crippen LogP contribution in [0.1, 0.15) is 43.5 Å². The second-order valence-corrected chi connectivity index (χ2v) is 8.95. The summed E-state index contributed by atoms with van der Waals surface area (Å²) in [5.41, 5.74) is 0.825. The van der Waals surface area contributed by atoms with E-state index in [0.717, 1.165) is 36.1 Å². The van der Waals surface area contributed by atoms with E-state index < -0.39 is 0 Å². The quantitative estimate of drug-likeness (QED) is 0.705. The fraction of sp³-hybridized carbons (Fsp3) is 0.588. The highest BCUT2D eigenvalue weighted by Gasteiger charge is 2.23. The zero-order valence-corrected chi connectivity index (χ0v) is 15.3. The number of hydrogen-bond acceptors (Lipinski definition) is 3. The van der Waals surface area contributed by atoms with Crippen LogP contribution in [-0.4, -0.2) is 40.8 Å². The normalized spacial score (nSPS) is 19.2. The number of hydrogen-bond donors (Lipinski definition) is 0. The highest BCUT2D eigenvalue weighted by atomic mass is 79.9. The van der Waals surface area contributed by atoms with Crippen LogP contribution in [-0.2, 0) is 0 Å². The summed E-state index contributed by atoms with van der Waals surface area (Å²) >= 11 is 5.47. The average molecular weight is 370 g/mol. The van der Waals surface area contributed by atoms with Crippen molar-refractivity contribution >= 4 is 33.5 Å². The lowest BCUT2D eigenvalue weighted by atomic mass is 10.1. The van der Waals surface area contributed by atoms with Crippen LogP contribution in [0, 0.1) is 0 Å². The van der Waals surface area contributed by atoms with Gasteiger partial charge in [-0.2, -0.15) is 11.8 Å². The van der Waals surface area contributed by atoms with Crippen molar-refractivity contribution in [3.05, 3.63) is 34.3 Å². The molecule has 4 heteroatoms. The molecule has 1 heterocycles. The molecule has 1 aromatic rings. The van der Waals surface area contributed by atoms with Crippen molar-refractivity contribution < 1.29 is 4.79 Å². The molecule has 2 nitrogen and oxygen atoms in total. The summed E-state index contributed by atoms with van der Waals surface area (Å²) in [6.45, 7) is 8.02. The summed E-state index contributed by atoms with van der Waals surface area (Å²) in [6, 6.07) is 7.66. The molecule has 116 valence electrons. The minimum atomic E-state index is 0.257. The van der Waals surface area contributed by atoms with Crippen LogP contribution in [0.2, 0.25) is 0 Å². The standard InChI is InChI=1S/C17H24BrNOS/c1-17(2)9-11-19(12-13-21-17)10-3-4-16(20)14-5-7-15(18)8-6-14/h5-8H,3-4,9-13H2,1-2H3. The molecule has 0 radical (unpaired) electrons. The minimum absolute atomic E-state index is 0.257. The van der Waals surface area contributed by atoms with Crippen LogP contribution in [0.5, 0.6) is 0 Å². The number of ketones is 1. The first-order valence-corrected chi connectivity index (χ1v) is 9.39. The second kappa shape index (κ2) is 7.80. The van der Waals surface area contributed by atoms with Crippen LogP contribution in [0.4, 0.5) is 0 Å². The Balaban J connectivity index is 1.74. The first-order chi connectivity index (χ1) is 9.96. The second-order valence-electron chi connectivity index (χ2n) is 6.23. The fourth-order valence-electron chi connectivity index (χ4n) is 2.53. The van der Waals surface area contributed by atoms with Gasteiger partial charge in [-0.05, 0) is 38.1 Å². The molecular formula is C17H24BrNOS. The zero-order chi connectivity index (χ0) is 15.3. The van der Waals surface area contributed by atoms with Crippen molar-refractivity contribution in [1.29, 1.82) is 0 Å². The maximum Gasteiger partial charge on any atom is 0.162 e. The Morgan fingerprint density at radius 3 is 2.71 bits per heavy atom. The molecule has 2 rings (SSSR count). The molecule has 0 unspecified atom stereocenters. The zero-order valence-electron chi connectivity index (χ0n) is 12.9. The number of nitrogens with zero attached hydrogens (tertiary/aromatic N) is 1. The molecule has 1 saturated heterocycles. The van der Waals surface area contributed by atoms with Crippen molar-refractivity contribution in [2.75, 3.05) is 25.4 Å². The molecule has 0 N–H and O–H groups in total. The molecular weight excluding hydrogens is 346 g/mol. The molecule has 0 aliphatic carbocycles. The summed E-state index contributed by atoms with van der Waals surface area (Å²) in [5.74, 6) is 1.46. The minimum Gasteiger partial charge on any atom is -0.302 e. The van der Waals surface area contributed by atoms with E-state index in [4.69, 9.17) is 0 Å². The predicted molar refractivity (Wildman–Crippen MR) is 95.3 cm³/mol. The summed E-state index contributed by atoms with van der Waals surface area (Å²) in [5, 5.41) is 0. The molecule has 1 aromatic carbocycles. The van der Waals surface area contributed by atoms with E-state index in [0.29, 0.717) is 11.2 Å². The van der Waals surface area contributed by atoms with Gasteiger partial charge in [0.2, 0.25) is 0 Å². The van der Waals surface area contributed by atoms with Crippen LogP contribution < -0.4 is 0 Å². The van der Waals surface area contributed by atoms with Crippen molar-refractivity contribution in [3.8, 4) is 0 Å². The van der Waals surface area contributed by atoms with Gasteiger partial charge in [-0.15, -0.1) is 0 Å². The number of halogens is 1. The topological polar surface area (TPSA) is 20.3 Å². The third-order valence-corrected chi connectivity index (χ3v) is 5.88. The summed E-state index contributed by atoms with van der Waals surface area (Å²) in [6.07, 6.45) is 2.84. The van der Waals surface area contributed by atoms with Gasteiger partial charge in [0.05, 0.1) is 0 Å². The number of carbonyl (C=O) groups is 1. The number of Topliss-reactive ketones (excluding diaryl/α,β-unsaturated/α-hetero) is 1. The summed E-state index contributed by atoms with van der Waals surface area (Å²) in [7, 11) is 0. The fourth-order valence-corrected chi connectivity index (χ4v) is 3.93. The third kappa shape index (κ3) is 5.76. The van der Waals surface area contributed by atoms with E-state index in [1.165, 1.54) is 12.2 Å². The van der Waals surface area contributed by atoms with E-state index in [9.17, 15) is 4.79 Å². The Morgan fingerprint density at radius 2 is 2.00 bits per heavy atom. The lowest BCUT2D eigenvalue weighted by Gasteiger charge is -2.22. The van der Waals surface area contributed by atoms with E-state index in [1.807, 2.05) is 24.3 Å². The van der Waals surface area contributed by atoms with Gasteiger partial charge in [0.15, 0.2) is 5.78 Å². The van der Waals surface area contributed by atoms with Gasteiger partial charge in [-0.1, -0.05) is 41.9 Å². The van der Waals surface area contributed by atoms with Gasteiger partial charge in [0.1, 0.15) is 0 Å². The predicted octanol–water partition coefficient (Wildman–Crippen LogP) is 4.63. The highest BCUT2D eigenvalue weighted by molar-refractivity contribution is 9.10. The number of thioether (sulfide) groups is 1. The van der Waals surface area contributed by atoms with Crippen molar-refractivity contribution in [3.63, 3.8) is 0 Å². The average Bonchev–Trinajstić information content (AvgIpc) is 2.61. The molecule has 1 aliphatic heterocycles. The van der Waals surface area contributed by atoms with Gasteiger partial charge in [-0.25, -0.2) is 0 Å². The van der Waals surface area contributed by atoms with Gasteiger partial charge < -0.3 is 4.90 Å². The Morgan fingerprint density at radius 1 is 1.29 bits per heavy atom. The maximum atomic E-state index is 12.1. The van der Waals surface area contributed by atoms with Gasteiger partial charge in [0, 0.05) is 33.5 Å². The first kappa shape index (κ1) is 17.0. The first-order valence-electron chi connectivity index (χ1n) is 7.61.